The van der Waals surface area contributed by atoms with Gasteiger partial charge in [0.25, 0.3) is 0 Å². The molecule has 6 nitrogen and oxygen atoms in total. The number of morpholine rings is 1. The molecule has 0 saturated carbocycles. The molecule has 1 aromatic carbocycles. The summed E-state index contributed by atoms with van der Waals surface area (Å²) in [6, 6.07) is 5.27. The molecule has 1 aromatic rings. The summed E-state index contributed by atoms with van der Waals surface area (Å²) < 4.78 is 10.5. The molecule has 0 aliphatic carbocycles. The number of nitrogen functional groups attached to an aromatic ring is 1. The van der Waals surface area contributed by atoms with Gasteiger partial charge in [0, 0.05) is 24.5 Å². The maximum atomic E-state index is 11.7. The fourth-order valence-corrected chi connectivity index (χ4v) is 2.62. The molecule has 1 fully saturated rings. The molecule has 0 spiro atoms. The first-order valence-corrected chi connectivity index (χ1v) is 6.88. The first-order chi connectivity index (χ1) is 9.86. The van der Waals surface area contributed by atoms with Gasteiger partial charge in [0.15, 0.2) is 0 Å². The van der Waals surface area contributed by atoms with Crippen LogP contribution in [0.3, 0.4) is 0 Å². The first-order valence-electron chi connectivity index (χ1n) is 6.88. The van der Waals surface area contributed by atoms with Crippen LogP contribution in [0.5, 0.6) is 0 Å². The van der Waals surface area contributed by atoms with Crippen molar-refractivity contribution in [3.63, 3.8) is 0 Å². The van der Waals surface area contributed by atoms with Gasteiger partial charge in [-0.25, -0.2) is 4.79 Å². The number of aliphatic hydroxyl groups is 1. The zero-order chi connectivity index (χ0) is 15.6. The molecule has 0 bridgehead atoms. The predicted molar refractivity (Wildman–Crippen MR) is 80.4 cm³/mol. The number of ether oxygens (including phenoxy) is 2. The summed E-state index contributed by atoms with van der Waals surface area (Å²) >= 11 is 0. The van der Waals surface area contributed by atoms with Gasteiger partial charge in [-0.15, -0.1) is 0 Å². The standard InChI is InChI=1S/C15H22N2O4/c1-15(2)9-17(7-11(8-18)21-15)10-4-5-13(16)12(6-10)14(19)20-3/h4-6,11,18H,7-9,16H2,1-3H3. The van der Waals surface area contributed by atoms with Gasteiger partial charge >= 0.3 is 5.97 Å². The van der Waals surface area contributed by atoms with E-state index >= 15 is 0 Å². The third-order valence-corrected chi connectivity index (χ3v) is 3.49. The molecular formula is C15H22N2O4. The topological polar surface area (TPSA) is 85.0 Å². The summed E-state index contributed by atoms with van der Waals surface area (Å²) in [6.45, 7) is 5.12. The highest BCUT2D eigenvalue weighted by atomic mass is 16.5. The van der Waals surface area contributed by atoms with Crippen molar-refractivity contribution in [2.24, 2.45) is 0 Å². The molecule has 1 heterocycles. The van der Waals surface area contributed by atoms with E-state index in [0.29, 0.717) is 24.3 Å². The monoisotopic (exact) mass is 294 g/mol. The summed E-state index contributed by atoms with van der Waals surface area (Å²) in [7, 11) is 1.33. The average Bonchev–Trinajstić information content (AvgIpc) is 2.45. The van der Waals surface area contributed by atoms with E-state index in [9.17, 15) is 9.90 Å². The quantitative estimate of drug-likeness (QED) is 0.640. The molecule has 1 unspecified atom stereocenters. The van der Waals surface area contributed by atoms with Crippen molar-refractivity contribution < 1.29 is 19.4 Å². The van der Waals surface area contributed by atoms with Gasteiger partial charge < -0.3 is 25.2 Å². The van der Waals surface area contributed by atoms with E-state index in [4.69, 9.17) is 15.2 Å². The van der Waals surface area contributed by atoms with Gasteiger partial charge in [0.1, 0.15) is 0 Å². The van der Waals surface area contributed by atoms with Gasteiger partial charge in [0.2, 0.25) is 0 Å². The van der Waals surface area contributed by atoms with E-state index in [2.05, 4.69) is 4.90 Å². The highest BCUT2D eigenvalue weighted by molar-refractivity contribution is 5.96. The molecule has 0 amide bonds. The van der Waals surface area contributed by atoms with Gasteiger partial charge in [-0.05, 0) is 32.0 Å². The van der Waals surface area contributed by atoms with Crippen molar-refractivity contribution in [1.29, 1.82) is 0 Å². The van der Waals surface area contributed by atoms with Crippen molar-refractivity contribution >= 4 is 17.3 Å². The van der Waals surface area contributed by atoms with Gasteiger partial charge in [0.05, 0.1) is 31.0 Å². The van der Waals surface area contributed by atoms with Crippen molar-refractivity contribution in [3.8, 4) is 0 Å². The molecule has 1 saturated heterocycles. The summed E-state index contributed by atoms with van der Waals surface area (Å²) in [5.41, 5.74) is 7.04. The molecule has 21 heavy (non-hydrogen) atoms. The second-order valence-corrected chi connectivity index (χ2v) is 5.83. The number of anilines is 2. The van der Waals surface area contributed by atoms with Crippen LogP contribution in [0.4, 0.5) is 11.4 Å². The Kier molecular flexibility index (Phi) is 4.39. The molecule has 1 aliphatic heterocycles. The van der Waals surface area contributed by atoms with Gasteiger partial charge in [-0.1, -0.05) is 0 Å². The summed E-state index contributed by atoms with van der Waals surface area (Å²) in [6.07, 6.45) is -0.257. The van der Waals surface area contributed by atoms with Crippen LogP contribution in [0.2, 0.25) is 0 Å². The van der Waals surface area contributed by atoms with E-state index in [1.54, 1.807) is 12.1 Å². The smallest absolute Gasteiger partial charge is 0.340 e. The highest BCUT2D eigenvalue weighted by Crippen LogP contribution is 2.28. The summed E-state index contributed by atoms with van der Waals surface area (Å²) in [5, 5.41) is 9.37. The van der Waals surface area contributed by atoms with E-state index in [1.165, 1.54) is 7.11 Å². The number of carbonyl (C=O) groups excluding carboxylic acids is 1. The van der Waals surface area contributed by atoms with Crippen LogP contribution in [0.1, 0.15) is 24.2 Å². The molecule has 3 N–H and O–H groups in total. The molecule has 6 heteroatoms. The Balaban J connectivity index is 2.30. The number of aliphatic hydroxyl groups excluding tert-OH is 1. The SMILES string of the molecule is COC(=O)c1cc(N2CC(CO)OC(C)(C)C2)ccc1N. The zero-order valence-corrected chi connectivity index (χ0v) is 12.6. The summed E-state index contributed by atoms with van der Waals surface area (Å²) in [4.78, 5) is 13.8. The normalized spacial score (nSPS) is 21.1. The van der Waals surface area contributed by atoms with Crippen molar-refractivity contribution in [1.82, 2.24) is 0 Å². The minimum absolute atomic E-state index is 0.0429. The predicted octanol–water partition coefficient (Wildman–Crippen LogP) is 1.03. The number of esters is 1. The number of methoxy groups -OCH3 is 1. The van der Waals surface area contributed by atoms with Crippen LogP contribution < -0.4 is 10.6 Å². The van der Waals surface area contributed by atoms with E-state index in [-0.39, 0.29) is 18.3 Å². The first kappa shape index (κ1) is 15.6. The van der Waals surface area contributed by atoms with E-state index < -0.39 is 5.97 Å². The minimum Gasteiger partial charge on any atom is -0.465 e. The third-order valence-electron chi connectivity index (χ3n) is 3.49. The van der Waals surface area contributed by atoms with Gasteiger partial charge in [-0.2, -0.15) is 0 Å². The molecule has 1 aliphatic rings. The Morgan fingerprint density at radius 3 is 2.90 bits per heavy atom. The Labute approximate surface area is 124 Å². The Bertz CT molecular complexity index is 530. The van der Waals surface area contributed by atoms with Crippen LogP contribution in [0, 0.1) is 0 Å². The number of nitrogens with two attached hydrogens (primary N) is 1. The second-order valence-electron chi connectivity index (χ2n) is 5.83. The number of carbonyl (C=O) groups is 1. The number of nitrogens with zero attached hydrogens (tertiary/aromatic N) is 1. The average molecular weight is 294 g/mol. The number of rotatable bonds is 3. The Morgan fingerprint density at radius 1 is 1.57 bits per heavy atom. The van der Waals surface area contributed by atoms with Crippen LogP contribution in [-0.4, -0.2) is 49.6 Å². The highest BCUT2D eigenvalue weighted by Gasteiger charge is 2.33. The van der Waals surface area contributed by atoms with Gasteiger partial charge in [-0.3, -0.25) is 0 Å². The Morgan fingerprint density at radius 2 is 2.29 bits per heavy atom. The molecule has 0 radical (unpaired) electrons. The van der Waals surface area contributed by atoms with Crippen LogP contribution in [0.15, 0.2) is 18.2 Å². The number of benzene rings is 1. The molecular weight excluding hydrogens is 272 g/mol. The number of hydrogen-bond acceptors (Lipinski definition) is 6. The molecule has 2 rings (SSSR count). The lowest BCUT2D eigenvalue weighted by Crippen LogP contribution is -2.54. The number of hydrogen-bond donors (Lipinski definition) is 2. The molecule has 1 atom stereocenters. The lowest BCUT2D eigenvalue weighted by atomic mass is 10.0. The van der Waals surface area contributed by atoms with E-state index in [1.807, 2.05) is 19.9 Å². The lowest BCUT2D eigenvalue weighted by Gasteiger charge is -2.43. The van der Waals surface area contributed by atoms with Crippen molar-refractivity contribution in [2.75, 3.05) is 37.4 Å². The maximum Gasteiger partial charge on any atom is 0.340 e. The zero-order valence-electron chi connectivity index (χ0n) is 12.6. The lowest BCUT2D eigenvalue weighted by molar-refractivity contribution is -0.101. The Hall–Kier alpha value is -1.79. The van der Waals surface area contributed by atoms with Crippen LogP contribution >= 0.6 is 0 Å². The maximum absolute atomic E-state index is 11.7. The fourth-order valence-electron chi connectivity index (χ4n) is 2.62. The second kappa shape index (κ2) is 5.91. The molecule has 116 valence electrons. The van der Waals surface area contributed by atoms with E-state index in [0.717, 1.165) is 5.69 Å². The summed E-state index contributed by atoms with van der Waals surface area (Å²) in [5.74, 6) is -0.458. The van der Waals surface area contributed by atoms with Crippen molar-refractivity contribution in [3.05, 3.63) is 23.8 Å². The minimum atomic E-state index is -0.458. The largest absolute Gasteiger partial charge is 0.465 e. The van der Waals surface area contributed by atoms with Crippen LogP contribution in [-0.2, 0) is 9.47 Å². The van der Waals surface area contributed by atoms with Crippen LogP contribution in [0.25, 0.3) is 0 Å². The van der Waals surface area contributed by atoms with Crippen molar-refractivity contribution in [2.45, 2.75) is 25.6 Å². The third kappa shape index (κ3) is 3.46. The fraction of sp³-hybridized carbons (Fsp3) is 0.533. The molecule has 0 aromatic heterocycles.